The summed E-state index contributed by atoms with van der Waals surface area (Å²) in [5, 5.41) is 9.40. The fourth-order valence-corrected chi connectivity index (χ4v) is 2.84. The lowest BCUT2D eigenvalue weighted by molar-refractivity contribution is 0.735. The number of rotatable bonds is 5. The van der Waals surface area contributed by atoms with E-state index in [4.69, 9.17) is 5.73 Å². The van der Waals surface area contributed by atoms with E-state index in [0.717, 1.165) is 31.5 Å². The van der Waals surface area contributed by atoms with Crippen molar-refractivity contribution in [2.24, 2.45) is 5.73 Å². The highest BCUT2D eigenvalue weighted by Crippen LogP contribution is 2.33. The third-order valence-electron chi connectivity index (χ3n) is 3.68. The average Bonchev–Trinajstić information content (AvgIpc) is 2.77. The highest BCUT2D eigenvalue weighted by molar-refractivity contribution is 5.68. The van der Waals surface area contributed by atoms with Gasteiger partial charge < -0.3 is 10.6 Å². The highest BCUT2D eigenvalue weighted by Gasteiger charge is 2.23. The number of hydrogen-bond acceptors (Lipinski definition) is 3. The first-order chi connectivity index (χ1) is 9.15. The Labute approximate surface area is 116 Å². The molecule has 1 aromatic carbocycles. The zero-order valence-electron chi connectivity index (χ0n) is 11.9. The van der Waals surface area contributed by atoms with Crippen LogP contribution in [-0.4, -0.2) is 19.1 Å². The summed E-state index contributed by atoms with van der Waals surface area (Å²) in [7, 11) is 0. The summed E-state index contributed by atoms with van der Waals surface area (Å²) >= 11 is 0. The number of nitriles is 1. The number of anilines is 1. The van der Waals surface area contributed by atoms with Gasteiger partial charge in [-0.25, -0.2) is 0 Å². The molecular formula is C16H23N3. The van der Waals surface area contributed by atoms with Gasteiger partial charge in [-0.15, -0.1) is 0 Å². The normalized spacial score (nSPS) is 15.2. The van der Waals surface area contributed by atoms with E-state index in [0.29, 0.717) is 0 Å². The van der Waals surface area contributed by atoms with Gasteiger partial charge in [-0.1, -0.05) is 19.4 Å². The number of fused-ring (bicyclic) bond motifs is 1. The van der Waals surface area contributed by atoms with E-state index < -0.39 is 0 Å². The Kier molecular flexibility index (Phi) is 4.44. The molecule has 0 amide bonds. The first-order valence-corrected chi connectivity index (χ1v) is 7.22. The predicted molar refractivity (Wildman–Crippen MR) is 79.3 cm³/mol. The molecule has 0 radical (unpaired) electrons. The molecule has 3 heteroatoms. The van der Waals surface area contributed by atoms with E-state index >= 15 is 0 Å². The maximum absolute atomic E-state index is 9.40. The molecule has 0 bridgehead atoms. The smallest absolute Gasteiger partial charge is 0.101 e. The summed E-state index contributed by atoms with van der Waals surface area (Å²) in [5.74, 6) is 0. The van der Waals surface area contributed by atoms with Crippen molar-refractivity contribution >= 4 is 5.69 Å². The summed E-state index contributed by atoms with van der Waals surface area (Å²) in [6, 6.07) is 6.77. The third-order valence-corrected chi connectivity index (χ3v) is 3.68. The molecule has 0 unspecified atom stereocenters. The van der Waals surface area contributed by atoms with Crippen LogP contribution in [0.15, 0.2) is 12.1 Å². The Morgan fingerprint density at radius 2 is 2.26 bits per heavy atom. The summed E-state index contributed by atoms with van der Waals surface area (Å²) in [6.45, 7) is 6.32. The molecule has 19 heavy (non-hydrogen) atoms. The minimum absolute atomic E-state index is 0.141. The molecule has 1 aromatic rings. The zero-order chi connectivity index (χ0) is 13.8. The van der Waals surface area contributed by atoms with E-state index in [1.165, 1.54) is 29.7 Å². The molecule has 1 heterocycles. The summed E-state index contributed by atoms with van der Waals surface area (Å²) in [5.41, 5.74) is 10.4. The van der Waals surface area contributed by atoms with Crippen LogP contribution in [0.4, 0.5) is 5.69 Å². The fourth-order valence-electron chi connectivity index (χ4n) is 2.84. The van der Waals surface area contributed by atoms with Crippen molar-refractivity contribution in [1.82, 2.24) is 0 Å². The van der Waals surface area contributed by atoms with Crippen LogP contribution in [0.5, 0.6) is 0 Å². The molecule has 102 valence electrons. The third kappa shape index (κ3) is 3.08. The number of benzene rings is 1. The standard InChI is InChI=1S/C16H23N3/c1-3-4-6-19-7-5-14-9-13(8-12(2)18)10-15(11-17)16(14)19/h9-10,12H,3-8,18H2,1-2H3/t12-/m1/s1. The van der Waals surface area contributed by atoms with Crippen LogP contribution in [-0.2, 0) is 12.8 Å². The van der Waals surface area contributed by atoms with Gasteiger partial charge in [0, 0.05) is 19.1 Å². The molecule has 0 aromatic heterocycles. The van der Waals surface area contributed by atoms with Crippen molar-refractivity contribution in [3.05, 3.63) is 28.8 Å². The van der Waals surface area contributed by atoms with Crippen LogP contribution < -0.4 is 10.6 Å². The van der Waals surface area contributed by atoms with Crippen LogP contribution in [0.25, 0.3) is 0 Å². The second kappa shape index (κ2) is 6.08. The molecule has 0 saturated carbocycles. The summed E-state index contributed by atoms with van der Waals surface area (Å²) < 4.78 is 0. The first-order valence-electron chi connectivity index (χ1n) is 7.22. The molecule has 2 N–H and O–H groups in total. The molecule has 0 spiro atoms. The number of hydrogen-bond donors (Lipinski definition) is 1. The van der Waals surface area contributed by atoms with Gasteiger partial charge in [-0.2, -0.15) is 5.26 Å². The minimum atomic E-state index is 0.141. The molecule has 1 aliphatic heterocycles. The van der Waals surface area contributed by atoms with Crippen molar-refractivity contribution in [2.75, 3.05) is 18.0 Å². The van der Waals surface area contributed by atoms with Gasteiger partial charge in [0.25, 0.3) is 0 Å². The first kappa shape index (κ1) is 13.9. The SMILES string of the molecule is CCCCN1CCc2cc(C[C@@H](C)N)cc(C#N)c21. The van der Waals surface area contributed by atoms with Gasteiger partial charge in [0.15, 0.2) is 0 Å². The topological polar surface area (TPSA) is 53.0 Å². The zero-order valence-corrected chi connectivity index (χ0v) is 11.9. The van der Waals surface area contributed by atoms with Crippen LogP contribution >= 0.6 is 0 Å². The van der Waals surface area contributed by atoms with Crippen LogP contribution in [0.2, 0.25) is 0 Å². The molecule has 1 aliphatic rings. The van der Waals surface area contributed by atoms with Crippen LogP contribution in [0, 0.1) is 11.3 Å². The molecule has 0 aliphatic carbocycles. The molecule has 0 saturated heterocycles. The Bertz CT molecular complexity index is 486. The average molecular weight is 257 g/mol. The van der Waals surface area contributed by atoms with Crippen molar-refractivity contribution in [2.45, 2.75) is 45.6 Å². The van der Waals surface area contributed by atoms with Gasteiger partial charge in [0.1, 0.15) is 6.07 Å². The van der Waals surface area contributed by atoms with E-state index in [1.54, 1.807) is 0 Å². The second-order valence-electron chi connectivity index (χ2n) is 5.53. The molecule has 3 nitrogen and oxygen atoms in total. The van der Waals surface area contributed by atoms with Crippen molar-refractivity contribution in [3.8, 4) is 6.07 Å². The predicted octanol–water partition coefficient (Wildman–Crippen LogP) is 2.61. The van der Waals surface area contributed by atoms with Crippen molar-refractivity contribution in [1.29, 1.82) is 5.26 Å². The summed E-state index contributed by atoms with van der Waals surface area (Å²) in [6.07, 6.45) is 4.28. The van der Waals surface area contributed by atoms with Crippen molar-refractivity contribution in [3.63, 3.8) is 0 Å². The Balaban J connectivity index is 2.30. The molecule has 2 rings (SSSR count). The number of nitrogens with zero attached hydrogens (tertiary/aromatic N) is 2. The largest absolute Gasteiger partial charge is 0.370 e. The lowest BCUT2D eigenvalue weighted by Crippen LogP contribution is -2.22. The quantitative estimate of drug-likeness (QED) is 0.882. The second-order valence-corrected chi connectivity index (χ2v) is 5.53. The molecule has 0 fully saturated rings. The van der Waals surface area contributed by atoms with E-state index in [9.17, 15) is 5.26 Å². The van der Waals surface area contributed by atoms with Gasteiger partial charge in [-0.3, -0.25) is 0 Å². The van der Waals surface area contributed by atoms with E-state index in [2.05, 4.69) is 24.0 Å². The number of unbranched alkanes of at least 4 members (excludes halogenated alkanes) is 1. The lowest BCUT2D eigenvalue weighted by Gasteiger charge is -2.20. The summed E-state index contributed by atoms with van der Waals surface area (Å²) in [4.78, 5) is 2.37. The van der Waals surface area contributed by atoms with E-state index in [1.807, 2.05) is 13.0 Å². The Hall–Kier alpha value is -1.53. The maximum Gasteiger partial charge on any atom is 0.101 e. The Morgan fingerprint density at radius 1 is 1.47 bits per heavy atom. The van der Waals surface area contributed by atoms with Crippen LogP contribution in [0.1, 0.15) is 43.4 Å². The van der Waals surface area contributed by atoms with Gasteiger partial charge in [0.2, 0.25) is 0 Å². The minimum Gasteiger partial charge on any atom is -0.370 e. The molecule has 1 atom stereocenters. The number of nitrogens with two attached hydrogens (primary N) is 1. The monoisotopic (exact) mass is 257 g/mol. The lowest BCUT2D eigenvalue weighted by atomic mass is 9.99. The fraction of sp³-hybridized carbons (Fsp3) is 0.562. The van der Waals surface area contributed by atoms with Gasteiger partial charge in [-0.05, 0) is 43.4 Å². The Morgan fingerprint density at radius 3 is 2.89 bits per heavy atom. The maximum atomic E-state index is 9.40. The van der Waals surface area contributed by atoms with E-state index in [-0.39, 0.29) is 6.04 Å². The highest BCUT2D eigenvalue weighted by atomic mass is 15.1. The van der Waals surface area contributed by atoms with Gasteiger partial charge >= 0.3 is 0 Å². The van der Waals surface area contributed by atoms with Gasteiger partial charge in [0.05, 0.1) is 11.3 Å². The molecular weight excluding hydrogens is 234 g/mol. The van der Waals surface area contributed by atoms with Crippen molar-refractivity contribution < 1.29 is 0 Å². The van der Waals surface area contributed by atoms with Crippen LogP contribution in [0.3, 0.4) is 0 Å².